The molecule has 0 radical (unpaired) electrons. The summed E-state index contributed by atoms with van der Waals surface area (Å²) in [5.41, 5.74) is 0. The molecule has 1 atom stereocenters. The van der Waals surface area contributed by atoms with Gasteiger partial charge in [0.25, 0.3) is 0 Å². The van der Waals surface area contributed by atoms with E-state index in [2.05, 4.69) is 15.5 Å². The summed E-state index contributed by atoms with van der Waals surface area (Å²) in [6.45, 7) is 4.83. The molecule has 0 aromatic heterocycles. The predicted octanol–water partition coefficient (Wildman–Crippen LogP) is 0.0318. The summed E-state index contributed by atoms with van der Waals surface area (Å²) in [6, 6.07) is 5.84. The number of sulfonamides is 1. The van der Waals surface area contributed by atoms with Gasteiger partial charge in [-0.25, -0.2) is 8.42 Å². The Hall–Kier alpha value is -1.76. The molecule has 1 aromatic carbocycles. The third kappa shape index (κ3) is 6.87. The van der Waals surface area contributed by atoms with Gasteiger partial charge in [-0.2, -0.15) is 4.31 Å². The van der Waals surface area contributed by atoms with E-state index in [0.29, 0.717) is 37.8 Å². The highest BCUT2D eigenvalue weighted by Crippen LogP contribution is 2.23. The highest BCUT2D eigenvalue weighted by molar-refractivity contribution is 7.89. The number of benzene rings is 1. The van der Waals surface area contributed by atoms with Crippen molar-refractivity contribution < 1.29 is 27.5 Å². The van der Waals surface area contributed by atoms with Crippen molar-refractivity contribution in [3.05, 3.63) is 29.3 Å². The van der Waals surface area contributed by atoms with Gasteiger partial charge in [-0.1, -0.05) is 11.6 Å². The van der Waals surface area contributed by atoms with Gasteiger partial charge in [0.15, 0.2) is 0 Å². The van der Waals surface area contributed by atoms with Gasteiger partial charge in [0.05, 0.1) is 31.3 Å². The zero-order valence-corrected chi connectivity index (χ0v) is 19.4. The molecule has 0 spiro atoms. The van der Waals surface area contributed by atoms with Crippen LogP contribution in [-0.4, -0.2) is 94.8 Å². The minimum absolute atomic E-state index is 0.0849. The van der Waals surface area contributed by atoms with Crippen LogP contribution in [0.25, 0.3) is 0 Å². The van der Waals surface area contributed by atoms with E-state index < -0.39 is 28.1 Å². The van der Waals surface area contributed by atoms with Gasteiger partial charge in [-0.05, 0) is 43.7 Å². The Balaban J connectivity index is 1.46. The van der Waals surface area contributed by atoms with Crippen LogP contribution in [0.15, 0.2) is 29.2 Å². The normalized spacial score (nSPS) is 20.6. The number of ether oxygens (including phenoxy) is 2. The molecule has 2 N–H and O–H groups in total. The number of amides is 2. The summed E-state index contributed by atoms with van der Waals surface area (Å²) in [7, 11) is -3.84. The van der Waals surface area contributed by atoms with Crippen LogP contribution in [-0.2, 0) is 29.1 Å². The predicted molar refractivity (Wildman–Crippen MR) is 118 cm³/mol. The van der Waals surface area contributed by atoms with Crippen molar-refractivity contribution in [2.24, 2.45) is 0 Å². The largest absolute Gasteiger partial charge is 0.379 e. The lowest BCUT2D eigenvalue weighted by molar-refractivity contribution is -0.140. The van der Waals surface area contributed by atoms with Gasteiger partial charge >= 0.3 is 11.8 Å². The molecule has 0 saturated carbocycles. The molecule has 2 aliphatic heterocycles. The number of nitrogens with one attached hydrogen (secondary N) is 2. The smallest absolute Gasteiger partial charge is 0.309 e. The molecule has 12 heteroatoms. The highest BCUT2D eigenvalue weighted by atomic mass is 35.5. The fourth-order valence-corrected chi connectivity index (χ4v) is 5.21. The molecule has 0 unspecified atom stereocenters. The molecule has 0 aliphatic carbocycles. The maximum absolute atomic E-state index is 13.0. The first-order chi connectivity index (χ1) is 15.4. The van der Waals surface area contributed by atoms with Crippen molar-refractivity contribution in [2.75, 3.05) is 59.1 Å². The Morgan fingerprint density at radius 2 is 1.72 bits per heavy atom. The van der Waals surface area contributed by atoms with Crippen molar-refractivity contribution in [3.63, 3.8) is 0 Å². The summed E-state index contributed by atoms with van der Waals surface area (Å²) < 4.78 is 38.0. The van der Waals surface area contributed by atoms with Gasteiger partial charge in [-0.3, -0.25) is 14.5 Å². The van der Waals surface area contributed by atoms with Crippen LogP contribution >= 0.6 is 11.6 Å². The second kappa shape index (κ2) is 11.9. The van der Waals surface area contributed by atoms with E-state index in [1.165, 1.54) is 28.6 Å². The molecular formula is C20H29ClN4O6S. The minimum Gasteiger partial charge on any atom is -0.379 e. The van der Waals surface area contributed by atoms with E-state index in [0.717, 1.165) is 26.1 Å². The van der Waals surface area contributed by atoms with Crippen LogP contribution in [0.5, 0.6) is 0 Å². The molecule has 2 fully saturated rings. The summed E-state index contributed by atoms with van der Waals surface area (Å²) in [4.78, 5) is 26.5. The number of hydrogen-bond donors (Lipinski definition) is 2. The van der Waals surface area contributed by atoms with E-state index >= 15 is 0 Å². The van der Waals surface area contributed by atoms with Crippen LogP contribution in [0.4, 0.5) is 0 Å². The monoisotopic (exact) mass is 488 g/mol. The Morgan fingerprint density at radius 3 is 2.44 bits per heavy atom. The molecule has 2 aliphatic rings. The van der Waals surface area contributed by atoms with E-state index in [1.54, 1.807) is 0 Å². The van der Waals surface area contributed by atoms with Gasteiger partial charge in [0.1, 0.15) is 6.23 Å². The second-order valence-corrected chi connectivity index (χ2v) is 9.85. The SMILES string of the molecule is O=C(NCCCN1CCOCC1)C(=O)NC[C@H]1OCCCN1S(=O)(=O)c1ccc(Cl)cc1. The number of morpholine rings is 1. The van der Waals surface area contributed by atoms with Crippen LogP contribution < -0.4 is 10.6 Å². The maximum Gasteiger partial charge on any atom is 0.309 e. The van der Waals surface area contributed by atoms with Crippen molar-refractivity contribution in [3.8, 4) is 0 Å². The van der Waals surface area contributed by atoms with Crippen LogP contribution in [0.1, 0.15) is 12.8 Å². The van der Waals surface area contributed by atoms with E-state index in [9.17, 15) is 18.0 Å². The van der Waals surface area contributed by atoms with Crippen LogP contribution in [0, 0.1) is 0 Å². The average Bonchev–Trinajstić information content (AvgIpc) is 2.81. The number of rotatable bonds is 8. The van der Waals surface area contributed by atoms with E-state index in [1.807, 2.05) is 0 Å². The minimum atomic E-state index is -3.84. The van der Waals surface area contributed by atoms with Crippen molar-refractivity contribution in [1.29, 1.82) is 0 Å². The number of halogens is 1. The van der Waals surface area contributed by atoms with Gasteiger partial charge in [-0.15, -0.1) is 0 Å². The quantitative estimate of drug-likeness (QED) is 0.391. The fourth-order valence-electron chi connectivity index (χ4n) is 3.51. The highest BCUT2D eigenvalue weighted by Gasteiger charge is 2.34. The third-order valence-electron chi connectivity index (χ3n) is 5.26. The second-order valence-electron chi connectivity index (χ2n) is 7.52. The lowest BCUT2D eigenvalue weighted by Gasteiger charge is -2.34. The summed E-state index contributed by atoms with van der Waals surface area (Å²) >= 11 is 5.85. The molecule has 2 amide bonds. The molecule has 10 nitrogen and oxygen atoms in total. The summed E-state index contributed by atoms with van der Waals surface area (Å²) in [6.07, 6.45) is 0.348. The first-order valence-electron chi connectivity index (χ1n) is 10.6. The van der Waals surface area contributed by atoms with Crippen LogP contribution in [0.3, 0.4) is 0 Å². The standard InChI is InChI=1S/C20H29ClN4O6S/c21-16-3-5-17(6-4-16)32(28,29)25-9-2-12-31-18(25)15-23-20(27)19(26)22-7-1-8-24-10-13-30-14-11-24/h3-6,18H,1-2,7-15H2,(H,22,26)(H,23,27)/t18-/m1/s1. The third-order valence-corrected chi connectivity index (χ3v) is 7.41. The van der Waals surface area contributed by atoms with Gasteiger partial charge in [0.2, 0.25) is 10.0 Å². The van der Waals surface area contributed by atoms with Crippen molar-refractivity contribution in [1.82, 2.24) is 19.8 Å². The maximum atomic E-state index is 13.0. The molecular weight excluding hydrogens is 460 g/mol. The van der Waals surface area contributed by atoms with Crippen molar-refractivity contribution in [2.45, 2.75) is 24.0 Å². The zero-order valence-electron chi connectivity index (χ0n) is 17.8. The van der Waals surface area contributed by atoms with Gasteiger partial charge in [0, 0.05) is 31.2 Å². The topological polar surface area (TPSA) is 117 Å². The molecule has 3 rings (SSSR count). The molecule has 178 valence electrons. The first-order valence-corrected chi connectivity index (χ1v) is 12.4. The molecule has 2 saturated heterocycles. The summed E-state index contributed by atoms with van der Waals surface area (Å²) in [5.74, 6) is -1.58. The van der Waals surface area contributed by atoms with Crippen LogP contribution in [0.2, 0.25) is 5.02 Å². The molecule has 2 heterocycles. The Labute approximate surface area is 193 Å². The molecule has 1 aromatic rings. The first kappa shape index (κ1) is 24.9. The average molecular weight is 489 g/mol. The Morgan fingerprint density at radius 1 is 1.03 bits per heavy atom. The zero-order chi connectivity index (χ0) is 23.0. The fraction of sp³-hybridized carbons (Fsp3) is 0.600. The Kier molecular flexibility index (Phi) is 9.26. The molecule has 0 bridgehead atoms. The number of carbonyl (C=O) groups excluding carboxylic acids is 2. The number of carbonyl (C=O) groups is 2. The summed E-state index contributed by atoms with van der Waals surface area (Å²) in [5, 5.41) is 5.49. The van der Waals surface area contributed by atoms with Crippen molar-refractivity contribution >= 4 is 33.4 Å². The lowest BCUT2D eigenvalue weighted by atomic mass is 10.3. The molecule has 32 heavy (non-hydrogen) atoms. The van der Waals surface area contributed by atoms with E-state index in [4.69, 9.17) is 21.1 Å². The van der Waals surface area contributed by atoms with E-state index in [-0.39, 0.29) is 18.0 Å². The lowest BCUT2D eigenvalue weighted by Crippen LogP contribution is -2.53. The number of nitrogens with zero attached hydrogens (tertiary/aromatic N) is 2. The number of hydrogen-bond acceptors (Lipinski definition) is 7. The Bertz CT molecular complexity index is 877. The van der Waals surface area contributed by atoms with Gasteiger partial charge < -0.3 is 20.1 Å².